The Labute approximate surface area is 145 Å². The lowest BCUT2D eigenvalue weighted by Crippen LogP contribution is -2.33. The van der Waals surface area contributed by atoms with Gasteiger partial charge < -0.3 is 4.90 Å². The lowest BCUT2D eigenvalue weighted by Gasteiger charge is -2.23. The Morgan fingerprint density at radius 1 is 1.42 bits per heavy atom. The van der Waals surface area contributed by atoms with E-state index in [0.29, 0.717) is 4.68 Å². The molecular formula is C16H15BrF3N3O. The van der Waals surface area contributed by atoms with Gasteiger partial charge in [-0.05, 0) is 24.5 Å². The Balaban J connectivity index is 1.96. The fourth-order valence-corrected chi connectivity index (χ4v) is 2.99. The third kappa shape index (κ3) is 3.19. The summed E-state index contributed by atoms with van der Waals surface area (Å²) in [5, 5.41) is 3.45. The first-order valence-electron chi connectivity index (χ1n) is 7.45. The average Bonchev–Trinajstić information content (AvgIpc) is 3.32. The third-order valence-electron chi connectivity index (χ3n) is 3.97. The predicted octanol–water partition coefficient (Wildman–Crippen LogP) is 4.06. The lowest BCUT2D eigenvalue weighted by molar-refractivity contribution is 0.0712. The molecular weight excluding hydrogens is 387 g/mol. The van der Waals surface area contributed by atoms with Gasteiger partial charge in [-0.1, -0.05) is 34.1 Å². The van der Waals surface area contributed by atoms with E-state index in [9.17, 15) is 18.0 Å². The van der Waals surface area contributed by atoms with E-state index in [1.807, 2.05) is 24.3 Å². The quantitative estimate of drug-likeness (QED) is 0.757. The molecule has 0 radical (unpaired) electrons. The van der Waals surface area contributed by atoms with Crippen LogP contribution in [0.15, 0.2) is 28.7 Å². The van der Waals surface area contributed by atoms with Crippen molar-refractivity contribution in [2.75, 3.05) is 0 Å². The van der Waals surface area contributed by atoms with Crippen molar-refractivity contribution in [1.82, 2.24) is 14.7 Å². The molecule has 1 aliphatic carbocycles. The zero-order valence-corrected chi connectivity index (χ0v) is 14.4. The summed E-state index contributed by atoms with van der Waals surface area (Å²) in [6.45, 7) is 0.224. The molecule has 24 heavy (non-hydrogen) atoms. The van der Waals surface area contributed by atoms with E-state index in [0.717, 1.165) is 22.9 Å². The standard InChI is InChI=1S/C16H15BrF3N3O/c1-22-15(20)12(13(21-22)14(18)19)16(24)23(10-6-7-10)8-9-4-2-3-5-11(9)17/h2-5,10,14H,6-8H2,1H3. The van der Waals surface area contributed by atoms with Crippen LogP contribution in [0.3, 0.4) is 0 Å². The van der Waals surface area contributed by atoms with Gasteiger partial charge in [0.25, 0.3) is 12.3 Å². The molecule has 8 heteroatoms. The van der Waals surface area contributed by atoms with Crippen LogP contribution in [-0.4, -0.2) is 26.6 Å². The molecule has 1 amide bonds. The Hall–Kier alpha value is -1.83. The van der Waals surface area contributed by atoms with Gasteiger partial charge in [0.05, 0.1) is 0 Å². The molecule has 0 atom stereocenters. The smallest absolute Gasteiger partial charge is 0.283 e. The SMILES string of the molecule is Cn1nc(C(F)F)c(C(=O)N(Cc2ccccc2Br)C2CC2)c1F. The predicted molar refractivity (Wildman–Crippen MR) is 85.2 cm³/mol. The number of nitrogens with zero attached hydrogens (tertiary/aromatic N) is 3. The van der Waals surface area contributed by atoms with Crippen molar-refractivity contribution in [1.29, 1.82) is 0 Å². The van der Waals surface area contributed by atoms with Crippen LogP contribution in [0, 0.1) is 5.95 Å². The normalized spacial score (nSPS) is 14.2. The number of carbonyl (C=O) groups is 1. The van der Waals surface area contributed by atoms with E-state index in [1.165, 1.54) is 11.9 Å². The molecule has 0 bridgehead atoms. The number of carbonyl (C=O) groups excluding carboxylic acids is 1. The summed E-state index contributed by atoms with van der Waals surface area (Å²) in [6, 6.07) is 7.27. The van der Waals surface area contributed by atoms with Crippen molar-refractivity contribution in [3.8, 4) is 0 Å². The molecule has 128 valence electrons. The van der Waals surface area contributed by atoms with E-state index in [4.69, 9.17) is 0 Å². The van der Waals surface area contributed by atoms with Gasteiger partial charge in [0.15, 0.2) is 0 Å². The molecule has 0 saturated heterocycles. The van der Waals surface area contributed by atoms with Gasteiger partial charge in [0.2, 0.25) is 5.95 Å². The minimum absolute atomic E-state index is 0.0604. The topological polar surface area (TPSA) is 38.1 Å². The number of halogens is 4. The largest absolute Gasteiger partial charge is 0.331 e. The van der Waals surface area contributed by atoms with Gasteiger partial charge in [-0.25, -0.2) is 13.5 Å². The number of benzene rings is 1. The van der Waals surface area contributed by atoms with Crippen LogP contribution in [0.1, 0.15) is 40.9 Å². The van der Waals surface area contributed by atoms with Gasteiger partial charge >= 0.3 is 0 Å². The van der Waals surface area contributed by atoms with Crippen LogP contribution in [0.25, 0.3) is 0 Å². The zero-order valence-electron chi connectivity index (χ0n) is 12.8. The Morgan fingerprint density at radius 2 is 2.08 bits per heavy atom. The van der Waals surface area contributed by atoms with Crippen molar-refractivity contribution >= 4 is 21.8 Å². The summed E-state index contributed by atoms with van der Waals surface area (Å²) in [5.41, 5.74) is -0.607. The van der Waals surface area contributed by atoms with Gasteiger partial charge in [0.1, 0.15) is 11.3 Å². The second-order valence-corrected chi connectivity index (χ2v) is 6.59. The highest BCUT2D eigenvalue weighted by Gasteiger charge is 2.38. The van der Waals surface area contributed by atoms with Gasteiger partial charge in [-0.15, -0.1) is 0 Å². The number of aromatic nitrogens is 2. The molecule has 0 N–H and O–H groups in total. The second kappa shape index (κ2) is 6.58. The fraction of sp³-hybridized carbons (Fsp3) is 0.375. The van der Waals surface area contributed by atoms with Crippen LogP contribution in [0.5, 0.6) is 0 Å². The summed E-state index contributed by atoms with van der Waals surface area (Å²) >= 11 is 3.41. The molecule has 1 aromatic carbocycles. The molecule has 1 fully saturated rings. The molecule has 0 spiro atoms. The minimum atomic E-state index is -3.01. The van der Waals surface area contributed by atoms with Crippen molar-refractivity contribution in [3.05, 3.63) is 51.5 Å². The monoisotopic (exact) mass is 401 g/mol. The number of rotatable bonds is 5. The minimum Gasteiger partial charge on any atom is -0.331 e. The van der Waals surface area contributed by atoms with E-state index in [1.54, 1.807) is 0 Å². The number of hydrogen-bond donors (Lipinski definition) is 0. The third-order valence-corrected chi connectivity index (χ3v) is 4.75. The van der Waals surface area contributed by atoms with E-state index in [2.05, 4.69) is 21.0 Å². The molecule has 1 aliphatic rings. The number of amides is 1. The molecule has 3 rings (SSSR count). The average molecular weight is 402 g/mol. The van der Waals surface area contributed by atoms with Crippen LogP contribution in [0.2, 0.25) is 0 Å². The Morgan fingerprint density at radius 3 is 2.67 bits per heavy atom. The van der Waals surface area contributed by atoms with Crippen LogP contribution >= 0.6 is 15.9 Å². The molecule has 1 saturated carbocycles. The van der Waals surface area contributed by atoms with Crippen LogP contribution < -0.4 is 0 Å². The van der Waals surface area contributed by atoms with Crippen molar-refractivity contribution in [2.24, 2.45) is 7.05 Å². The fourth-order valence-electron chi connectivity index (χ4n) is 2.58. The van der Waals surface area contributed by atoms with Crippen LogP contribution in [-0.2, 0) is 13.6 Å². The molecule has 0 aliphatic heterocycles. The molecule has 0 unspecified atom stereocenters. The Kier molecular flexibility index (Phi) is 4.67. The molecule has 1 heterocycles. The summed E-state index contributed by atoms with van der Waals surface area (Å²) in [6.07, 6.45) is -1.45. The maximum absolute atomic E-state index is 14.2. The lowest BCUT2D eigenvalue weighted by atomic mass is 10.1. The number of aryl methyl sites for hydroxylation is 1. The van der Waals surface area contributed by atoms with E-state index >= 15 is 0 Å². The highest BCUT2D eigenvalue weighted by atomic mass is 79.9. The van der Waals surface area contributed by atoms with Gasteiger partial charge in [-0.2, -0.15) is 9.49 Å². The molecule has 1 aromatic heterocycles. The van der Waals surface area contributed by atoms with Crippen molar-refractivity contribution < 1.29 is 18.0 Å². The maximum atomic E-state index is 14.2. The zero-order chi connectivity index (χ0) is 17.4. The van der Waals surface area contributed by atoms with E-state index in [-0.39, 0.29) is 12.6 Å². The second-order valence-electron chi connectivity index (χ2n) is 5.73. The van der Waals surface area contributed by atoms with Gasteiger partial charge in [0, 0.05) is 24.1 Å². The van der Waals surface area contributed by atoms with Crippen LogP contribution in [0.4, 0.5) is 13.2 Å². The highest BCUT2D eigenvalue weighted by molar-refractivity contribution is 9.10. The van der Waals surface area contributed by atoms with Gasteiger partial charge in [-0.3, -0.25) is 4.79 Å². The number of hydrogen-bond acceptors (Lipinski definition) is 2. The molecule has 4 nitrogen and oxygen atoms in total. The first-order chi connectivity index (χ1) is 11.4. The molecule has 2 aromatic rings. The Bertz CT molecular complexity index is 774. The van der Waals surface area contributed by atoms with E-state index < -0.39 is 29.5 Å². The highest BCUT2D eigenvalue weighted by Crippen LogP contribution is 2.33. The first kappa shape index (κ1) is 17.0. The summed E-state index contributed by atoms with van der Waals surface area (Å²) in [4.78, 5) is 14.2. The summed E-state index contributed by atoms with van der Waals surface area (Å²) < 4.78 is 42.0. The van der Waals surface area contributed by atoms with Crippen molar-refractivity contribution in [3.63, 3.8) is 0 Å². The summed E-state index contributed by atoms with van der Waals surface area (Å²) in [7, 11) is 1.20. The van der Waals surface area contributed by atoms with Crippen molar-refractivity contribution in [2.45, 2.75) is 31.9 Å². The maximum Gasteiger partial charge on any atom is 0.283 e. The summed E-state index contributed by atoms with van der Waals surface area (Å²) in [5.74, 6) is -1.78. The first-order valence-corrected chi connectivity index (χ1v) is 8.24. The number of alkyl halides is 2.